The van der Waals surface area contributed by atoms with Crippen molar-refractivity contribution in [3.05, 3.63) is 23.8 Å². The minimum absolute atomic E-state index is 0.196. The molecule has 1 aromatic carbocycles. The molecule has 6 nitrogen and oxygen atoms in total. The molecule has 1 unspecified atom stereocenters. The van der Waals surface area contributed by atoms with Gasteiger partial charge in [-0.3, -0.25) is 4.90 Å². The molecule has 1 saturated heterocycles. The van der Waals surface area contributed by atoms with E-state index in [-0.39, 0.29) is 6.04 Å². The van der Waals surface area contributed by atoms with Gasteiger partial charge in [-0.2, -0.15) is 5.26 Å². The number of imidazole rings is 1. The van der Waals surface area contributed by atoms with Crippen LogP contribution in [0.15, 0.2) is 18.2 Å². The topological polar surface area (TPSA) is 80.1 Å². The van der Waals surface area contributed by atoms with Gasteiger partial charge in [-0.05, 0) is 25.1 Å². The number of morpholine rings is 1. The molecule has 0 bridgehead atoms. The first-order chi connectivity index (χ1) is 10.2. The molecule has 3 rings (SSSR count). The van der Waals surface area contributed by atoms with Gasteiger partial charge in [0, 0.05) is 25.7 Å². The quantitative estimate of drug-likeness (QED) is 0.921. The Kier molecular flexibility index (Phi) is 3.78. The number of nitrogens with two attached hydrogens (primary N) is 1. The van der Waals surface area contributed by atoms with E-state index in [1.165, 1.54) is 0 Å². The van der Waals surface area contributed by atoms with Crippen molar-refractivity contribution in [1.29, 1.82) is 5.26 Å². The van der Waals surface area contributed by atoms with Crippen molar-refractivity contribution in [3.63, 3.8) is 0 Å². The van der Waals surface area contributed by atoms with Crippen molar-refractivity contribution in [2.75, 3.05) is 38.6 Å². The fourth-order valence-corrected chi connectivity index (χ4v) is 2.88. The van der Waals surface area contributed by atoms with Crippen molar-refractivity contribution in [1.82, 2.24) is 14.5 Å². The zero-order valence-corrected chi connectivity index (χ0v) is 12.1. The lowest BCUT2D eigenvalue weighted by molar-refractivity contribution is 0.0329. The second-order valence-corrected chi connectivity index (χ2v) is 5.42. The van der Waals surface area contributed by atoms with Gasteiger partial charge in [-0.25, -0.2) is 4.98 Å². The molecule has 0 saturated carbocycles. The van der Waals surface area contributed by atoms with Crippen LogP contribution in [0.2, 0.25) is 0 Å². The highest BCUT2D eigenvalue weighted by Gasteiger charge is 2.19. The Hall–Kier alpha value is -2.10. The van der Waals surface area contributed by atoms with Crippen LogP contribution in [0.4, 0.5) is 5.95 Å². The summed E-state index contributed by atoms with van der Waals surface area (Å²) in [5.74, 6) is 0.501. The third kappa shape index (κ3) is 2.71. The van der Waals surface area contributed by atoms with E-state index in [1.807, 2.05) is 16.7 Å². The minimum Gasteiger partial charge on any atom is -0.379 e. The lowest BCUT2D eigenvalue weighted by Gasteiger charge is -2.30. The zero-order chi connectivity index (χ0) is 14.8. The lowest BCUT2D eigenvalue weighted by Crippen LogP contribution is -2.39. The molecule has 0 amide bonds. The average Bonchev–Trinajstić information content (AvgIpc) is 2.83. The fourth-order valence-electron chi connectivity index (χ4n) is 2.88. The van der Waals surface area contributed by atoms with Crippen LogP contribution in [0, 0.1) is 11.3 Å². The predicted octanol–water partition coefficient (Wildman–Crippen LogP) is 1.38. The number of ether oxygens (including phenoxy) is 1. The summed E-state index contributed by atoms with van der Waals surface area (Å²) in [5.41, 5.74) is 8.46. The van der Waals surface area contributed by atoms with Crippen molar-refractivity contribution in [2.24, 2.45) is 0 Å². The Morgan fingerprint density at radius 2 is 2.19 bits per heavy atom. The first-order valence-electron chi connectivity index (χ1n) is 7.16. The summed E-state index contributed by atoms with van der Waals surface area (Å²) in [6, 6.07) is 7.84. The molecular weight excluding hydrogens is 266 g/mol. The Morgan fingerprint density at radius 1 is 1.43 bits per heavy atom. The van der Waals surface area contributed by atoms with E-state index in [0.29, 0.717) is 11.5 Å². The molecule has 1 atom stereocenters. The van der Waals surface area contributed by atoms with Crippen LogP contribution in [-0.2, 0) is 4.74 Å². The number of hydrogen-bond acceptors (Lipinski definition) is 5. The molecular formula is C15H19N5O. The Balaban J connectivity index is 1.91. The molecule has 0 radical (unpaired) electrons. The normalized spacial score (nSPS) is 17.7. The maximum atomic E-state index is 9.06. The number of rotatable bonds is 3. The van der Waals surface area contributed by atoms with Gasteiger partial charge in [0.1, 0.15) is 0 Å². The zero-order valence-electron chi connectivity index (χ0n) is 12.1. The summed E-state index contributed by atoms with van der Waals surface area (Å²) in [5, 5.41) is 9.06. The number of nitriles is 1. The van der Waals surface area contributed by atoms with Gasteiger partial charge < -0.3 is 15.0 Å². The number of anilines is 1. The van der Waals surface area contributed by atoms with Crippen LogP contribution in [0.25, 0.3) is 11.0 Å². The second kappa shape index (κ2) is 5.72. The molecule has 0 spiro atoms. The van der Waals surface area contributed by atoms with E-state index in [1.54, 1.807) is 6.07 Å². The SMILES string of the molecule is CC(CN1CCOCC1)n1c(N)nc2ccc(C#N)cc21. The first kappa shape index (κ1) is 13.9. The van der Waals surface area contributed by atoms with Crippen LogP contribution >= 0.6 is 0 Å². The van der Waals surface area contributed by atoms with Crippen molar-refractivity contribution >= 4 is 17.0 Å². The van der Waals surface area contributed by atoms with Crippen molar-refractivity contribution in [3.8, 4) is 6.07 Å². The molecule has 1 fully saturated rings. The molecule has 0 aliphatic carbocycles. The van der Waals surface area contributed by atoms with Crippen LogP contribution < -0.4 is 5.73 Å². The van der Waals surface area contributed by atoms with E-state index in [2.05, 4.69) is 22.9 Å². The number of benzene rings is 1. The minimum atomic E-state index is 0.196. The largest absolute Gasteiger partial charge is 0.379 e. The molecule has 1 aliphatic rings. The third-order valence-electron chi connectivity index (χ3n) is 3.91. The summed E-state index contributed by atoms with van der Waals surface area (Å²) in [7, 11) is 0. The van der Waals surface area contributed by atoms with E-state index in [9.17, 15) is 0 Å². The molecule has 2 heterocycles. The number of nitrogens with zero attached hydrogens (tertiary/aromatic N) is 4. The molecule has 1 aliphatic heterocycles. The highest BCUT2D eigenvalue weighted by molar-refractivity contribution is 5.80. The lowest BCUT2D eigenvalue weighted by atomic mass is 10.2. The van der Waals surface area contributed by atoms with E-state index >= 15 is 0 Å². The smallest absolute Gasteiger partial charge is 0.201 e. The Morgan fingerprint density at radius 3 is 2.90 bits per heavy atom. The fraction of sp³-hybridized carbons (Fsp3) is 0.467. The summed E-state index contributed by atoms with van der Waals surface area (Å²) >= 11 is 0. The van der Waals surface area contributed by atoms with Crippen LogP contribution in [0.3, 0.4) is 0 Å². The van der Waals surface area contributed by atoms with Gasteiger partial charge in [-0.15, -0.1) is 0 Å². The first-order valence-corrected chi connectivity index (χ1v) is 7.16. The molecule has 2 aromatic rings. The van der Waals surface area contributed by atoms with E-state index in [4.69, 9.17) is 15.7 Å². The highest BCUT2D eigenvalue weighted by Crippen LogP contribution is 2.24. The van der Waals surface area contributed by atoms with Crippen molar-refractivity contribution < 1.29 is 4.74 Å². The third-order valence-corrected chi connectivity index (χ3v) is 3.91. The number of fused-ring (bicyclic) bond motifs is 1. The van der Waals surface area contributed by atoms with Gasteiger partial charge >= 0.3 is 0 Å². The number of hydrogen-bond donors (Lipinski definition) is 1. The molecule has 2 N–H and O–H groups in total. The standard InChI is InChI=1S/C15H19N5O/c1-11(10-19-4-6-21-7-5-19)20-14-8-12(9-16)2-3-13(14)18-15(20)17/h2-3,8,11H,4-7,10H2,1H3,(H2,17,18). The Labute approximate surface area is 123 Å². The monoisotopic (exact) mass is 285 g/mol. The summed E-state index contributed by atoms with van der Waals surface area (Å²) in [6.07, 6.45) is 0. The second-order valence-electron chi connectivity index (χ2n) is 5.42. The number of nitrogen functional groups attached to an aromatic ring is 1. The van der Waals surface area contributed by atoms with Crippen LogP contribution in [0.1, 0.15) is 18.5 Å². The number of aromatic nitrogens is 2. The van der Waals surface area contributed by atoms with E-state index < -0.39 is 0 Å². The molecule has 21 heavy (non-hydrogen) atoms. The maximum absolute atomic E-state index is 9.06. The van der Waals surface area contributed by atoms with Gasteiger partial charge in [0.25, 0.3) is 0 Å². The summed E-state index contributed by atoms with van der Waals surface area (Å²) in [4.78, 5) is 6.76. The van der Waals surface area contributed by atoms with Gasteiger partial charge in [0.05, 0.1) is 35.9 Å². The van der Waals surface area contributed by atoms with Gasteiger partial charge in [0.15, 0.2) is 0 Å². The molecule has 110 valence electrons. The maximum Gasteiger partial charge on any atom is 0.201 e. The molecule has 6 heteroatoms. The van der Waals surface area contributed by atoms with Gasteiger partial charge in [-0.1, -0.05) is 0 Å². The Bertz CT molecular complexity index is 681. The molecule has 1 aromatic heterocycles. The summed E-state index contributed by atoms with van der Waals surface area (Å²) in [6.45, 7) is 6.49. The van der Waals surface area contributed by atoms with Crippen molar-refractivity contribution in [2.45, 2.75) is 13.0 Å². The average molecular weight is 285 g/mol. The van der Waals surface area contributed by atoms with Crippen LogP contribution in [-0.4, -0.2) is 47.3 Å². The van der Waals surface area contributed by atoms with Crippen LogP contribution in [0.5, 0.6) is 0 Å². The highest BCUT2D eigenvalue weighted by atomic mass is 16.5. The summed E-state index contributed by atoms with van der Waals surface area (Å²) < 4.78 is 7.39. The van der Waals surface area contributed by atoms with Gasteiger partial charge in [0.2, 0.25) is 5.95 Å². The van der Waals surface area contributed by atoms with E-state index in [0.717, 1.165) is 43.9 Å². The predicted molar refractivity (Wildman–Crippen MR) is 80.8 cm³/mol.